The SMILES string of the molecule is CCOc1cc(N)c(C=N)cc1Nc1ncnc2sc3c(c12)CCC(N([O-])N1CCC2(CC2)C1)C3. The lowest BCUT2D eigenvalue weighted by Crippen LogP contribution is -2.46. The van der Waals surface area contributed by atoms with Crippen molar-refractivity contribution in [3.05, 3.63) is 39.7 Å². The van der Waals surface area contributed by atoms with Gasteiger partial charge in [0.25, 0.3) is 0 Å². The second-order valence-corrected chi connectivity index (χ2v) is 11.0. The number of nitrogens with two attached hydrogens (primary N) is 1. The average Bonchev–Trinajstić information content (AvgIpc) is 3.31. The molecular formula is C25H30N7O2S-. The molecule has 35 heavy (non-hydrogen) atoms. The van der Waals surface area contributed by atoms with Crippen molar-refractivity contribution in [1.82, 2.24) is 20.1 Å². The number of rotatable bonds is 7. The van der Waals surface area contributed by atoms with Gasteiger partial charge in [-0.3, -0.25) is 5.01 Å². The van der Waals surface area contributed by atoms with Gasteiger partial charge in [-0.2, -0.15) is 0 Å². The number of aromatic nitrogens is 2. The Hall–Kier alpha value is -2.79. The summed E-state index contributed by atoms with van der Waals surface area (Å²) < 4.78 is 5.80. The highest BCUT2D eigenvalue weighted by Gasteiger charge is 2.48. The smallest absolute Gasteiger partial charge is 0.144 e. The van der Waals surface area contributed by atoms with Crippen LogP contribution in [0.4, 0.5) is 17.2 Å². The minimum atomic E-state index is -0.0226. The van der Waals surface area contributed by atoms with Crippen LogP contribution in [0.2, 0.25) is 0 Å². The van der Waals surface area contributed by atoms with E-state index in [1.54, 1.807) is 23.7 Å². The number of ether oxygens (including phenoxy) is 1. The molecule has 3 aromatic rings. The molecule has 1 spiro atoms. The van der Waals surface area contributed by atoms with E-state index in [0.717, 1.165) is 49.0 Å². The van der Waals surface area contributed by atoms with Gasteiger partial charge in [-0.15, -0.1) is 11.3 Å². The van der Waals surface area contributed by atoms with Crippen LogP contribution in [0.3, 0.4) is 0 Å². The first-order valence-corrected chi connectivity index (χ1v) is 13.1. The Kier molecular flexibility index (Phi) is 5.63. The second kappa shape index (κ2) is 8.70. The highest BCUT2D eigenvalue weighted by atomic mass is 32.1. The molecule has 2 fully saturated rings. The van der Waals surface area contributed by atoms with Gasteiger partial charge in [0.1, 0.15) is 22.7 Å². The minimum Gasteiger partial charge on any atom is -0.771 e. The fraction of sp³-hybridized carbons (Fsp3) is 0.480. The first kappa shape index (κ1) is 22.7. The number of nitrogens with zero attached hydrogens (tertiary/aromatic N) is 4. The molecule has 6 rings (SSSR count). The predicted molar refractivity (Wildman–Crippen MR) is 139 cm³/mol. The van der Waals surface area contributed by atoms with Gasteiger partial charge in [-0.05, 0) is 62.5 Å². The zero-order valence-electron chi connectivity index (χ0n) is 19.8. The summed E-state index contributed by atoms with van der Waals surface area (Å²) in [6, 6.07) is 3.53. The van der Waals surface area contributed by atoms with Crippen LogP contribution in [0, 0.1) is 16.0 Å². The lowest BCUT2D eigenvalue weighted by Gasteiger charge is -2.45. The van der Waals surface area contributed by atoms with E-state index in [0.29, 0.717) is 40.5 Å². The van der Waals surface area contributed by atoms with E-state index in [1.165, 1.54) is 34.7 Å². The number of nitrogens with one attached hydrogen (secondary N) is 2. The zero-order chi connectivity index (χ0) is 24.2. The van der Waals surface area contributed by atoms with Gasteiger partial charge in [0.2, 0.25) is 0 Å². The Labute approximate surface area is 208 Å². The van der Waals surface area contributed by atoms with E-state index in [-0.39, 0.29) is 6.04 Å². The van der Waals surface area contributed by atoms with Gasteiger partial charge in [0.05, 0.1) is 17.7 Å². The van der Waals surface area contributed by atoms with E-state index >= 15 is 0 Å². The number of anilines is 3. The molecular weight excluding hydrogens is 462 g/mol. The van der Waals surface area contributed by atoms with Crippen LogP contribution in [0.1, 0.15) is 48.6 Å². The van der Waals surface area contributed by atoms with Crippen LogP contribution in [0.15, 0.2) is 18.5 Å². The molecule has 1 saturated heterocycles. The third kappa shape index (κ3) is 4.04. The summed E-state index contributed by atoms with van der Waals surface area (Å²) in [4.78, 5) is 11.3. The van der Waals surface area contributed by atoms with Gasteiger partial charge in [0.15, 0.2) is 0 Å². The number of hydroxylamine groups is 1. The molecule has 2 aliphatic carbocycles. The number of hydrogen-bond acceptors (Lipinski definition) is 10. The standard InChI is InChI=1S/C25H30N7O2S/c1-2-34-20-11-18(27)15(12-26)9-19(20)30-23-22-17-4-3-16(10-21(17)35-24(22)29-14-28-23)32(33)31-8-7-25(13-31)5-6-25/h9,11-12,14,16,26H,2-8,10,13,27H2,1H3,(H,28,29,30)/q-1. The van der Waals surface area contributed by atoms with Crippen molar-refractivity contribution in [2.75, 3.05) is 30.7 Å². The summed E-state index contributed by atoms with van der Waals surface area (Å²) in [5.74, 6) is 1.33. The summed E-state index contributed by atoms with van der Waals surface area (Å²) >= 11 is 1.66. The van der Waals surface area contributed by atoms with Gasteiger partial charge < -0.3 is 31.6 Å². The Balaban J connectivity index is 1.29. The normalized spacial score (nSPS) is 20.9. The number of hydrogen-bond donors (Lipinski definition) is 3. The third-order valence-corrected chi connectivity index (χ3v) is 8.84. The highest BCUT2D eigenvalue weighted by Crippen LogP contribution is 2.53. The lowest BCUT2D eigenvalue weighted by molar-refractivity contribution is -0.00230. The molecule has 0 radical (unpaired) electrons. The molecule has 9 nitrogen and oxygen atoms in total. The van der Waals surface area contributed by atoms with Crippen molar-refractivity contribution in [2.24, 2.45) is 5.41 Å². The van der Waals surface area contributed by atoms with Crippen molar-refractivity contribution < 1.29 is 4.74 Å². The van der Waals surface area contributed by atoms with Crippen molar-refractivity contribution in [3.63, 3.8) is 0 Å². The van der Waals surface area contributed by atoms with E-state index < -0.39 is 0 Å². The number of aryl methyl sites for hydroxylation is 1. The maximum atomic E-state index is 13.2. The molecule has 1 atom stereocenters. The summed E-state index contributed by atoms with van der Waals surface area (Å²) in [6.07, 6.45) is 8.90. The third-order valence-electron chi connectivity index (χ3n) is 7.68. The number of fused-ring (bicyclic) bond motifs is 3. The maximum absolute atomic E-state index is 13.2. The first-order chi connectivity index (χ1) is 17.0. The van der Waals surface area contributed by atoms with Crippen molar-refractivity contribution >= 4 is 45.0 Å². The molecule has 3 heterocycles. The molecule has 1 aliphatic heterocycles. The molecule has 0 bridgehead atoms. The van der Waals surface area contributed by atoms with Gasteiger partial charge in [-0.25, -0.2) is 9.97 Å². The molecule has 2 aromatic heterocycles. The fourth-order valence-electron chi connectivity index (χ4n) is 5.51. The largest absolute Gasteiger partial charge is 0.771 e. The molecule has 184 valence electrons. The van der Waals surface area contributed by atoms with E-state index in [9.17, 15) is 5.21 Å². The van der Waals surface area contributed by atoms with Crippen LogP contribution >= 0.6 is 11.3 Å². The lowest BCUT2D eigenvalue weighted by atomic mass is 9.93. The minimum absolute atomic E-state index is 0.0226. The topological polar surface area (TPSA) is 126 Å². The number of thiophene rings is 1. The molecule has 10 heteroatoms. The second-order valence-electron chi connectivity index (χ2n) is 9.92. The molecule has 4 N–H and O–H groups in total. The molecule has 1 saturated carbocycles. The average molecular weight is 493 g/mol. The van der Waals surface area contributed by atoms with Crippen molar-refractivity contribution in [1.29, 1.82) is 5.41 Å². The Morgan fingerprint density at radius 2 is 2.23 bits per heavy atom. The van der Waals surface area contributed by atoms with Crippen LogP contribution in [0.5, 0.6) is 5.75 Å². The quantitative estimate of drug-likeness (QED) is 0.250. The van der Waals surface area contributed by atoms with Crippen molar-refractivity contribution in [3.8, 4) is 5.75 Å². The van der Waals surface area contributed by atoms with E-state index in [1.807, 2.05) is 18.0 Å². The first-order valence-electron chi connectivity index (χ1n) is 12.3. The zero-order valence-corrected chi connectivity index (χ0v) is 20.7. The molecule has 3 aliphatic rings. The number of hydrazine groups is 1. The van der Waals surface area contributed by atoms with Crippen molar-refractivity contribution in [2.45, 2.75) is 51.5 Å². The summed E-state index contributed by atoms with van der Waals surface area (Å²) in [5, 5.41) is 28.6. The summed E-state index contributed by atoms with van der Waals surface area (Å²) in [7, 11) is 0. The Morgan fingerprint density at radius 1 is 1.37 bits per heavy atom. The Bertz CT molecular complexity index is 1290. The molecule has 1 aromatic carbocycles. The van der Waals surface area contributed by atoms with Gasteiger partial charge >= 0.3 is 0 Å². The number of nitrogen functional groups attached to an aromatic ring is 1. The monoisotopic (exact) mass is 492 g/mol. The van der Waals surface area contributed by atoms with Gasteiger partial charge in [0, 0.05) is 47.5 Å². The van der Waals surface area contributed by atoms with Crippen LogP contribution < -0.4 is 15.8 Å². The molecule has 0 amide bonds. The van der Waals surface area contributed by atoms with Crippen LogP contribution in [-0.2, 0) is 12.8 Å². The molecule has 1 unspecified atom stereocenters. The predicted octanol–water partition coefficient (Wildman–Crippen LogP) is 4.47. The fourth-order valence-corrected chi connectivity index (χ4v) is 6.77. The summed E-state index contributed by atoms with van der Waals surface area (Å²) in [5.41, 5.74) is 9.57. The van der Waals surface area contributed by atoms with Gasteiger partial charge in [-0.1, -0.05) is 0 Å². The highest BCUT2D eigenvalue weighted by molar-refractivity contribution is 7.19. The maximum Gasteiger partial charge on any atom is 0.144 e. The van der Waals surface area contributed by atoms with Crippen LogP contribution in [0.25, 0.3) is 10.2 Å². The van der Waals surface area contributed by atoms with E-state index in [4.69, 9.17) is 15.9 Å². The number of benzene rings is 1. The Morgan fingerprint density at radius 3 is 2.97 bits per heavy atom. The summed E-state index contributed by atoms with van der Waals surface area (Å²) in [6.45, 7) is 4.23. The van der Waals surface area contributed by atoms with Crippen LogP contribution in [-0.4, -0.2) is 52.1 Å². The van der Waals surface area contributed by atoms with E-state index in [2.05, 4.69) is 15.3 Å².